The standard InChI is InChI=1S/C31H30ClN5O7/c1-18(38)41-14-23-25(42-19(2)39)26(43-20(3)40)29(44-23)37-17-33-24-27(34-30(32)35-28(24)37)36-15-31(16-36,21-10-6-4-7-11-21)22-12-8-5-9-13-22/h4-13,17,23,25-26,29H,14-16H2,1-3H3/t23-,25-,26-,29-/m1/s1. The van der Waals surface area contributed by atoms with Crippen molar-refractivity contribution in [2.75, 3.05) is 24.6 Å². The number of hydrogen-bond acceptors (Lipinski definition) is 11. The third-order valence-electron chi connectivity index (χ3n) is 7.86. The topological polar surface area (TPSA) is 135 Å². The van der Waals surface area contributed by atoms with Crippen molar-refractivity contribution >= 4 is 46.5 Å². The van der Waals surface area contributed by atoms with Crippen LogP contribution in [0.1, 0.15) is 38.1 Å². The molecule has 0 saturated carbocycles. The number of rotatable bonds is 8. The fourth-order valence-electron chi connectivity index (χ4n) is 6.00. The molecule has 2 aliphatic rings. The van der Waals surface area contributed by atoms with Gasteiger partial charge in [0, 0.05) is 33.9 Å². The molecular formula is C31H30ClN5O7. The Morgan fingerprint density at radius 3 is 2.05 bits per heavy atom. The van der Waals surface area contributed by atoms with Crippen LogP contribution in [0.25, 0.3) is 11.2 Å². The van der Waals surface area contributed by atoms with E-state index in [4.69, 9.17) is 30.5 Å². The molecule has 12 nitrogen and oxygen atoms in total. The van der Waals surface area contributed by atoms with Gasteiger partial charge in [-0.15, -0.1) is 0 Å². The summed E-state index contributed by atoms with van der Waals surface area (Å²) in [6.45, 7) is 4.71. The van der Waals surface area contributed by atoms with Gasteiger partial charge in [0.15, 0.2) is 35.4 Å². The van der Waals surface area contributed by atoms with E-state index in [-0.39, 0.29) is 17.3 Å². The Hall–Kier alpha value is -4.55. The van der Waals surface area contributed by atoms with Crippen LogP contribution in [0.2, 0.25) is 5.28 Å². The highest BCUT2D eigenvalue weighted by Gasteiger charge is 2.52. The summed E-state index contributed by atoms with van der Waals surface area (Å²) in [5, 5.41) is -0.0128. The Balaban J connectivity index is 1.37. The number of ether oxygens (including phenoxy) is 4. The quantitative estimate of drug-likeness (QED) is 0.163. The molecule has 2 aliphatic heterocycles. The number of carbonyl (C=O) groups is 3. The average molecular weight is 620 g/mol. The van der Waals surface area contributed by atoms with Crippen LogP contribution in [-0.2, 0) is 38.7 Å². The molecule has 0 aliphatic carbocycles. The Kier molecular flexibility index (Phi) is 7.95. The van der Waals surface area contributed by atoms with E-state index in [2.05, 4.69) is 44.1 Å². The van der Waals surface area contributed by atoms with Gasteiger partial charge in [-0.3, -0.25) is 19.0 Å². The van der Waals surface area contributed by atoms with Crippen molar-refractivity contribution in [1.29, 1.82) is 0 Å². The zero-order valence-electron chi connectivity index (χ0n) is 24.3. The minimum atomic E-state index is -1.10. The van der Waals surface area contributed by atoms with Crippen LogP contribution >= 0.6 is 11.6 Å². The summed E-state index contributed by atoms with van der Waals surface area (Å²) in [6.07, 6.45) is -2.64. The Bertz CT molecular complexity index is 1650. The fourth-order valence-corrected chi connectivity index (χ4v) is 6.16. The lowest BCUT2D eigenvalue weighted by atomic mass is 9.68. The monoisotopic (exact) mass is 619 g/mol. The van der Waals surface area contributed by atoms with Gasteiger partial charge < -0.3 is 23.8 Å². The van der Waals surface area contributed by atoms with E-state index in [1.807, 2.05) is 36.4 Å². The molecule has 6 rings (SSSR count). The third kappa shape index (κ3) is 5.46. The zero-order chi connectivity index (χ0) is 31.0. The normalized spacial score (nSPS) is 22.3. The van der Waals surface area contributed by atoms with Crippen molar-refractivity contribution in [1.82, 2.24) is 19.5 Å². The summed E-state index contributed by atoms with van der Waals surface area (Å²) in [5.74, 6) is -1.25. The lowest BCUT2D eigenvalue weighted by Crippen LogP contribution is -2.60. The number of imidazole rings is 1. The number of nitrogens with zero attached hydrogens (tertiary/aromatic N) is 5. The van der Waals surface area contributed by atoms with Crippen LogP contribution in [0.3, 0.4) is 0 Å². The molecule has 4 atom stereocenters. The van der Waals surface area contributed by atoms with Crippen molar-refractivity contribution in [2.45, 2.75) is 50.7 Å². The molecule has 0 radical (unpaired) electrons. The molecule has 0 spiro atoms. The molecule has 2 aromatic heterocycles. The fraction of sp³-hybridized carbons (Fsp3) is 0.355. The number of aromatic nitrogens is 4. The molecule has 2 saturated heterocycles. The molecule has 2 fully saturated rings. The van der Waals surface area contributed by atoms with E-state index in [0.717, 1.165) is 0 Å². The number of carbonyl (C=O) groups excluding carboxylic acids is 3. The Morgan fingerprint density at radius 1 is 0.886 bits per heavy atom. The first kappa shape index (κ1) is 29.5. The van der Waals surface area contributed by atoms with Gasteiger partial charge in [0.05, 0.1) is 11.7 Å². The third-order valence-corrected chi connectivity index (χ3v) is 8.03. The molecule has 0 amide bonds. The number of fused-ring (bicyclic) bond motifs is 1. The van der Waals surface area contributed by atoms with Gasteiger partial charge in [-0.1, -0.05) is 60.7 Å². The molecular weight excluding hydrogens is 590 g/mol. The number of halogens is 1. The zero-order valence-corrected chi connectivity index (χ0v) is 25.0. The van der Waals surface area contributed by atoms with Crippen molar-refractivity contribution in [3.63, 3.8) is 0 Å². The molecule has 13 heteroatoms. The van der Waals surface area contributed by atoms with E-state index in [9.17, 15) is 14.4 Å². The first-order valence-corrected chi connectivity index (χ1v) is 14.4. The maximum atomic E-state index is 12.1. The van der Waals surface area contributed by atoms with Gasteiger partial charge in [0.1, 0.15) is 12.7 Å². The summed E-state index contributed by atoms with van der Waals surface area (Å²) in [6, 6.07) is 20.6. The van der Waals surface area contributed by atoms with Crippen LogP contribution in [0.15, 0.2) is 67.0 Å². The van der Waals surface area contributed by atoms with E-state index in [1.165, 1.54) is 38.2 Å². The molecule has 0 unspecified atom stereocenters. The predicted molar refractivity (Wildman–Crippen MR) is 158 cm³/mol. The maximum absolute atomic E-state index is 12.1. The van der Waals surface area contributed by atoms with Gasteiger partial charge in [-0.2, -0.15) is 9.97 Å². The van der Waals surface area contributed by atoms with Crippen molar-refractivity contribution in [3.8, 4) is 0 Å². The molecule has 228 valence electrons. The summed E-state index contributed by atoms with van der Waals surface area (Å²) in [4.78, 5) is 51.4. The number of esters is 3. The minimum absolute atomic E-state index is 0.0128. The lowest BCUT2D eigenvalue weighted by Gasteiger charge is -2.51. The second-order valence-corrected chi connectivity index (χ2v) is 11.2. The van der Waals surface area contributed by atoms with Crippen LogP contribution in [0.4, 0.5) is 5.82 Å². The van der Waals surface area contributed by atoms with Gasteiger partial charge >= 0.3 is 17.9 Å². The summed E-state index contributed by atoms with van der Waals surface area (Å²) in [7, 11) is 0. The van der Waals surface area contributed by atoms with Crippen molar-refractivity contribution in [3.05, 3.63) is 83.4 Å². The Morgan fingerprint density at radius 2 is 1.48 bits per heavy atom. The van der Waals surface area contributed by atoms with E-state index >= 15 is 0 Å². The summed E-state index contributed by atoms with van der Waals surface area (Å²) < 4.78 is 24.0. The first-order valence-electron chi connectivity index (χ1n) is 14.1. The highest BCUT2D eigenvalue weighted by atomic mass is 35.5. The highest BCUT2D eigenvalue weighted by Crippen LogP contribution is 2.44. The van der Waals surface area contributed by atoms with Crippen LogP contribution in [-0.4, -0.2) is 75.4 Å². The van der Waals surface area contributed by atoms with E-state index in [1.54, 1.807) is 4.57 Å². The largest absolute Gasteiger partial charge is 0.463 e. The SMILES string of the molecule is CC(=O)OC[C@H]1O[C@@H](n2cnc3c(N4CC(c5ccccc5)(c5ccccc5)C4)nc(Cl)nc32)[C@H](OC(C)=O)[C@@H]1OC(C)=O. The predicted octanol–water partition coefficient (Wildman–Crippen LogP) is 3.61. The maximum Gasteiger partial charge on any atom is 0.303 e. The van der Waals surface area contributed by atoms with E-state index in [0.29, 0.717) is 30.1 Å². The second-order valence-electron chi connectivity index (χ2n) is 10.8. The van der Waals surface area contributed by atoms with Gasteiger partial charge in [0.25, 0.3) is 0 Å². The average Bonchev–Trinajstić information content (AvgIpc) is 3.53. The number of hydrogen-bond donors (Lipinski definition) is 0. The molecule has 4 aromatic rings. The summed E-state index contributed by atoms with van der Waals surface area (Å²) in [5.41, 5.74) is 2.88. The van der Waals surface area contributed by atoms with Crippen LogP contribution in [0.5, 0.6) is 0 Å². The smallest absolute Gasteiger partial charge is 0.303 e. The number of benzene rings is 2. The first-order chi connectivity index (χ1) is 21.2. The van der Waals surface area contributed by atoms with Crippen molar-refractivity contribution in [2.24, 2.45) is 0 Å². The molecule has 0 N–H and O–H groups in total. The molecule has 44 heavy (non-hydrogen) atoms. The number of anilines is 1. The van der Waals surface area contributed by atoms with Gasteiger partial charge in [0.2, 0.25) is 5.28 Å². The highest BCUT2D eigenvalue weighted by molar-refractivity contribution is 6.28. The lowest BCUT2D eigenvalue weighted by molar-refractivity contribution is -0.166. The second kappa shape index (κ2) is 11.9. The van der Waals surface area contributed by atoms with Gasteiger partial charge in [-0.05, 0) is 22.7 Å². The van der Waals surface area contributed by atoms with Gasteiger partial charge in [-0.25, -0.2) is 4.98 Å². The minimum Gasteiger partial charge on any atom is -0.463 e. The summed E-state index contributed by atoms with van der Waals surface area (Å²) >= 11 is 6.48. The Labute approximate surface area is 257 Å². The van der Waals surface area contributed by atoms with Crippen LogP contribution in [0, 0.1) is 0 Å². The molecule has 0 bridgehead atoms. The van der Waals surface area contributed by atoms with Crippen LogP contribution < -0.4 is 4.90 Å². The molecule has 4 heterocycles. The van der Waals surface area contributed by atoms with Crippen molar-refractivity contribution < 1.29 is 33.3 Å². The van der Waals surface area contributed by atoms with E-state index < -0.39 is 42.4 Å². The molecule has 2 aromatic carbocycles.